The summed E-state index contributed by atoms with van der Waals surface area (Å²) in [6.45, 7) is 1.77. The number of hydrazone groups is 1. The van der Waals surface area contributed by atoms with E-state index in [0.29, 0.717) is 17.6 Å². The van der Waals surface area contributed by atoms with Gasteiger partial charge in [0.1, 0.15) is 0 Å². The number of H-pyrrole nitrogens is 1. The quantitative estimate of drug-likeness (QED) is 0.518. The molecule has 2 N–H and O–H groups in total. The Bertz CT molecular complexity index is 744. The Kier molecular flexibility index (Phi) is 3.96. The van der Waals surface area contributed by atoms with Gasteiger partial charge in [0, 0.05) is 27.4 Å². The number of nitrogens with zero attached hydrogens (tertiary/aromatic N) is 2. The van der Waals surface area contributed by atoms with Crippen LogP contribution in [0.15, 0.2) is 40.2 Å². The zero-order valence-electron chi connectivity index (χ0n) is 11.7. The van der Waals surface area contributed by atoms with Gasteiger partial charge < -0.3 is 0 Å². The van der Waals surface area contributed by atoms with E-state index in [2.05, 4.69) is 44.8 Å². The van der Waals surface area contributed by atoms with Crippen LogP contribution in [0.4, 0.5) is 5.95 Å². The third kappa shape index (κ3) is 3.46. The number of allylic oxidation sites excluding steroid dienone is 2. The lowest BCUT2D eigenvalue weighted by molar-refractivity contribution is 0.815. The maximum absolute atomic E-state index is 11.3. The molecule has 0 aliphatic heterocycles. The highest BCUT2D eigenvalue weighted by Crippen LogP contribution is 2.32. The molecule has 108 valence electrons. The van der Waals surface area contributed by atoms with Crippen molar-refractivity contribution in [1.82, 2.24) is 9.97 Å². The van der Waals surface area contributed by atoms with Gasteiger partial charge in [-0.1, -0.05) is 12.2 Å². The fraction of sp³-hybridized carbons (Fsp3) is 0.267. The van der Waals surface area contributed by atoms with Crippen LogP contribution in [0, 0.1) is 6.92 Å². The summed E-state index contributed by atoms with van der Waals surface area (Å²) in [7, 11) is 0. The van der Waals surface area contributed by atoms with Gasteiger partial charge in [0.15, 0.2) is 0 Å². The monoisotopic (exact) mass is 300 g/mol. The molecule has 3 rings (SSSR count). The highest BCUT2D eigenvalue weighted by atomic mass is 32.1. The van der Waals surface area contributed by atoms with Gasteiger partial charge in [-0.05, 0) is 31.9 Å². The van der Waals surface area contributed by atoms with Crippen molar-refractivity contribution in [3.8, 4) is 0 Å². The molecule has 1 aliphatic carbocycles. The molecular formula is C15H16N4OS. The van der Waals surface area contributed by atoms with E-state index in [-0.39, 0.29) is 5.56 Å². The zero-order valence-corrected chi connectivity index (χ0v) is 12.5. The predicted octanol–water partition coefficient (Wildman–Crippen LogP) is 3.02. The fourth-order valence-corrected chi connectivity index (χ4v) is 3.29. The fourth-order valence-electron chi connectivity index (χ4n) is 2.30. The maximum Gasteiger partial charge on any atom is 0.252 e. The first-order valence-corrected chi connectivity index (χ1v) is 7.66. The molecule has 2 heterocycles. The van der Waals surface area contributed by atoms with Crippen molar-refractivity contribution in [1.29, 1.82) is 0 Å². The van der Waals surface area contributed by atoms with Crippen molar-refractivity contribution in [2.75, 3.05) is 5.43 Å². The van der Waals surface area contributed by atoms with Crippen molar-refractivity contribution in [3.63, 3.8) is 0 Å². The van der Waals surface area contributed by atoms with Gasteiger partial charge in [-0.15, -0.1) is 11.3 Å². The molecular weight excluding hydrogens is 284 g/mol. The van der Waals surface area contributed by atoms with Crippen molar-refractivity contribution >= 4 is 23.5 Å². The molecule has 0 radical (unpaired) electrons. The Morgan fingerprint density at radius 2 is 2.43 bits per heavy atom. The van der Waals surface area contributed by atoms with E-state index in [1.54, 1.807) is 24.5 Å². The first-order chi connectivity index (χ1) is 10.2. The summed E-state index contributed by atoms with van der Waals surface area (Å²) in [5, 5.41) is 4.12. The lowest BCUT2D eigenvalue weighted by atomic mass is 10.1. The first-order valence-electron chi connectivity index (χ1n) is 6.84. The molecule has 0 saturated heterocycles. The molecule has 0 fully saturated rings. The largest absolute Gasteiger partial charge is 0.291 e. The molecule has 0 amide bonds. The topological polar surface area (TPSA) is 70.1 Å². The minimum atomic E-state index is -0.188. The number of thiophene rings is 1. The molecule has 0 spiro atoms. The molecule has 0 saturated carbocycles. The van der Waals surface area contributed by atoms with Gasteiger partial charge in [0.2, 0.25) is 5.95 Å². The van der Waals surface area contributed by atoms with Gasteiger partial charge in [-0.25, -0.2) is 10.4 Å². The number of aromatic nitrogens is 2. The van der Waals surface area contributed by atoms with Crippen LogP contribution in [0.2, 0.25) is 0 Å². The highest BCUT2D eigenvalue weighted by Gasteiger charge is 2.13. The molecule has 0 bridgehead atoms. The number of aromatic amines is 1. The Labute approximate surface area is 126 Å². The number of anilines is 1. The number of nitrogens with one attached hydrogen (secondary N) is 2. The molecule has 1 atom stereocenters. The van der Waals surface area contributed by atoms with E-state index in [0.717, 1.165) is 4.88 Å². The second kappa shape index (κ2) is 6.05. The Morgan fingerprint density at radius 1 is 1.52 bits per heavy atom. The average Bonchev–Trinajstić information content (AvgIpc) is 3.08. The van der Waals surface area contributed by atoms with E-state index in [1.165, 1.54) is 23.8 Å². The lowest BCUT2D eigenvalue weighted by Crippen LogP contribution is -2.10. The molecule has 1 unspecified atom stereocenters. The summed E-state index contributed by atoms with van der Waals surface area (Å²) in [5.74, 6) is 0.909. The highest BCUT2D eigenvalue weighted by molar-refractivity contribution is 7.13. The molecule has 6 heteroatoms. The van der Waals surface area contributed by atoms with Crippen LogP contribution in [0.5, 0.6) is 0 Å². The SMILES string of the molecule is Cc1cc(=O)[nH]c(NN=Cc2ccc(C3C=CCC3)s2)n1. The van der Waals surface area contributed by atoms with Crippen molar-refractivity contribution in [2.24, 2.45) is 5.10 Å². The van der Waals surface area contributed by atoms with Crippen LogP contribution in [0.25, 0.3) is 0 Å². The van der Waals surface area contributed by atoms with E-state index >= 15 is 0 Å². The van der Waals surface area contributed by atoms with Crippen LogP contribution < -0.4 is 11.0 Å². The van der Waals surface area contributed by atoms with Crippen molar-refractivity contribution in [3.05, 3.63) is 56.2 Å². The maximum atomic E-state index is 11.3. The number of rotatable bonds is 4. The Morgan fingerprint density at radius 3 is 3.19 bits per heavy atom. The number of aryl methyl sites for hydroxylation is 1. The molecule has 5 nitrogen and oxygen atoms in total. The predicted molar refractivity (Wildman–Crippen MR) is 86.2 cm³/mol. The summed E-state index contributed by atoms with van der Waals surface area (Å²) < 4.78 is 0. The second-order valence-electron chi connectivity index (χ2n) is 4.96. The summed E-state index contributed by atoms with van der Waals surface area (Å²) in [6, 6.07) is 5.65. The summed E-state index contributed by atoms with van der Waals surface area (Å²) in [5.41, 5.74) is 3.22. The van der Waals surface area contributed by atoms with E-state index in [1.807, 2.05) is 0 Å². The Balaban J connectivity index is 1.66. The molecule has 2 aromatic heterocycles. The van der Waals surface area contributed by atoms with Crippen molar-refractivity contribution in [2.45, 2.75) is 25.7 Å². The Hall–Kier alpha value is -2.21. The van der Waals surface area contributed by atoms with E-state index < -0.39 is 0 Å². The zero-order chi connectivity index (χ0) is 14.7. The smallest absolute Gasteiger partial charge is 0.252 e. The van der Waals surface area contributed by atoms with Gasteiger partial charge in [0.05, 0.1) is 6.21 Å². The van der Waals surface area contributed by atoms with Crippen LogP contribution >= 0.6 is 11.3 Å². The third-order valence-corrected chi connectivity index (χ3v) is 4.41. The van der Waals surface area contributed by atoms with Gasteiger partial charge in [0.25, 0.3) is 5.56 Å². The molecule has 2 aromatic rings. The molecule has 21 heavy (non-hydrogen) atoms. The molecule has 1 aliphatic rings. The van der Waals surface area contributed by atoms with Gasteiger partial charge in [-0.3, -0.25) is 9.78 Å². The molecule has 0 aromatic carbocycles. The van der Waals surface area contributed by atoms with Gasteiger partial charge in [-0.2, -0.15) is 5.10 Å². The average molecular weight is 300 g/mol. The van der Waals surface area contributed by atoms with Gasteiger partial charge >= 0.3 is 0 Å². The standard InChI is InChI=1S/C15H16N4OS/c1-10-8-14(20)18-15(17-10)19-16-9-12-6-7-13(21-12)11-4-2-3-5-11/h2,4,6-9,11H,3,5H2,1H3,(H2,17,18,19,20). The van der Waals surface area contributed by atoms with Crippen LogP contribution in [-0.2, 0) is 0 Å². The van der Waals surface area contributed by atoms with Crippen molar-refractivity contribution < 1.29 is 0 Å². The van der Waals surface area contributed by atoms with Crippen LogP contribution in [0.3, 0.4) is 0 Å². The lowest BCUT2D eigenvalue weighted by Gasteiger charge is -2.02. The first kappa shape index (κ1) is 13.8. The minimum Gasteiger partial charge on any atom is -0.291 e. The number of hydrogen-bond acceptors (Lipinski definition) is 5. The number of hydrogen-bond donors (Lipinski definition) is 2. The van der Waals surface area contributed by atoms with Crippen LogP contribution in [-0.4, -0.2) is 16.2 Å². The van der Waals surface area contributed by atoms with E-state index in [9.17, 15) is 4.79 Å². The summed E-state index contributed by atoms with van der Waals surface area (Å²) in [4.78, 5) is 20.5. The third-order valence-electron chi connectivity index (χ3n) is 3.26. The summed E-state index contributed by atoms with van der Waals surface area (Å²) >= 11 is 1.74. The normalized spacial score (nSPS) is 17.7. The second-order valence-corrected chi connectivity index (χ2v) is 6.10. The van der Waals surface area contributed by atoms with E-state index in [4.69, 9.17) is 0 Å². The summed E-state index contributed by atoms with van der Waals surface area (Å²) in [6.07, 6.45) is 8.62. The minimum absolute atomic E-state index is 0.188. The van der Waals surface area contributed by atoms with Crippen LogP contribution in [0.1, 0.15) is 34.2 Å².